The summed E-state index contributed by atoms with van der Waals surface area (Å²) in [5.41, 5.74) is 1.18. The van der Waals surface area contributed by atoms with E-state index in [4.69, 9.17) is 21.1 Å². The molecule has 21 heavy (non-hydrogen) atoms. The van der Waals surface area contributed by atoms with Crippen LogP contribution in [0, 0.1) is 5.82 Å². The number of hydrogen-bond acceptors (Lipinski definition) is 3. The summed E-state index contributed by atoms with van der Waals surface area (Å²) in [6.45, 7) is 0.368. The Morgan fingerprint density at radius 3 is 2.62 bits per heavy atom. The molecule has 2 aromatic carbocycles. The van der Waals surface area contributed by atoms with E-state index < -0.39 is 0 Å². The Morgan fingerprint density at radius 1 is 1.19 bits per heavy atom. The van der Waals surface area contributed by atoms with Gasteiger partial charge in [-0.3, -0.25) is 0 Å². The van der Waals surface area contributed by atoms with Crippen LogP contribution in [0.2, 0.25) is 5.02 Å². The maximum absolute atomic E-state index is 13.7. The monoisotopic (exact) mass is 373 g/mol. The van der Waals surface area contributed by atoms with Crippen molar-refractivity contribution in [2.24, 2.45) is 0 Å². The van der Waals surface area contributed by atoms with Gasteiger partial charge in [0, 0.05) is 11.0 Å². The lowest BCUT2D eigenvalue weighted by molar-refractivity contribution is 0.355. The van der Waals surface area contributed by atoms with Crippen molar-refractivity contribution < 1.29 is 13.9 Å². The first-order valence-electron chi connectivity index (χ1n) is 6.15. The van der Waals surface area contributed by atoms with Gasteiger partial charge in [-0.2, -0.15) is 0 Å². The summed E-state index contributed by atoms with van der Waals surface area (Å²) in [7, 11) is 3.07. The zero-order chi connectivity index (χ0) is 15.4. The first kappa shape index (κ1) is 15.9. The van der Waals surface area contributed by atoms with Crippen molar-refractivity contribution in [1.29, 1.82) is 0 Å². The predicted octanol–water partition coefficient (Wildman–Crippen LogP) is 4.87. The van der Waals surface area contributed by atoms with Gasteiger partial charge in [0.15, 0.2) is 11.5 Å². The summed E-state index contributed by atoms with van der Waals surface area (Å²) in [6, 6.07) is 8.28. The van der Waals surface area contributed by atoms with Crippen LogP contribution in [0.15, 0.2) is 34.8 Å². The molecule has 0 aromatic heterocycles. The van der Waals surface area contributed by atoms with Crippen molar-refractivity contribution in [1.82, 2.24) is 0 Å². The number of methoxy groups -OCH3 is 2. The zero-order valence-electron chi connectivity index (χ0n) is 11.5. The average molecular weight is 375 g/mol. The number of rotatable bonds is 5. The molecular weight excluding hydrogens is 361 g/mol. The lowest BCUT2D eigenvalue weighted by Gasteiger charge is -2.14. The van der Waals surface area contributed by atoms with Crippen LogP contribution in [0.5, 0.6) is 11.5 Å². The number of hydrogen-bond donors (Lipinski definition) is 1. The van der Waals surface area contributed by atoms with Crippen LogP contribution in [0.25, 0.3) is 0 Å². The van der Waals surface area contributed by atoms with Gasteiger partial charge in [0.25, 0.3) is 0 Å². The highest BCUT2D eigenvalue weighted by Crippen LogP contribution is 2.37. The highest BCUT2D eigenvalue weighted by molar-refractivity contribution is 9.10. The number of anilines is 1. The van der Waals surface area contributed by atoms with Crippen molar-refractivity contribution in [3.8, 4) is 11.5 Å². The third kappa shape index (κ3) is 3.60. The van der Waals surface area contributed by atoms with Gasteiger partial charge in [-0.1, -0.05) is 33.6 Å². The summed E-state index contributed by atoms with van der Waals surface area (Å²) in [5, 5.41) is 3.46. The summed E-state index contributed by atoms with van der Waals surface area (Å²) in [4.78, 5) is 0. The van der Waals surface area contributed by atoms with Crippen molar-refractivity contribution in [3.05, 3.63) is 51.2 Å². The van der Waals surface area contributed by atoms with E-state index in [1.165, 1.54) is 13.2 Å². The summed E-state index contributed by atoms with van der Waals surface area (Å²) >= 11 is 9.59. The van der Waals surface area contributed by atoms with E-state index >= 15 is 0 Å². The summed E-state index contributed by atoms with van der Waals surface area (Å²) in [6.07, 6.45) is 0. The first-order valence-corrected chi connectivity index (χ1v) is 7.32. The molecule has 0 aliphatic rings. The summed E-state index contributed by atoms with van der Waals surface area (Å²) < 4.78 is 24.9. The van der Waals surface area contributed by atoms with Gasteiger partial charge in [0.1, 0.15) is 5.82 Å². The van der Waals surface area contributed by atoms with Gasteiger partial charge in [0.05, 0.1) is 24.9 Å². The maximum Gasteiger partial charge on any atom is 0.179 e. The molecule has 0 fully saturated rings. The van der Waals surface area contributed by atoms with Crippen LogP contribution >= 0.6 is 27.5 Å². The molecule has 3 nitrogen and oxygen atoms in total. The van der Waals surface area contributed by atoms with Gasteiger partial charge >= 0.3 is 0 Å². The van der Waals surface area contributed by atoms with Crippen LogP contribution in [0.3, 0.4) is 0 Å². The maximum atomic E-state index is 13.7. The average Bonchev–Trinajstić information content (AvgIpc) is 2.48. The molecule has 0 saturated carbocycles. The number of halogens is 3. The normalized spacial score (nSPS) is 10.3. The number of benzene rings is 2. The topological polar surface area (TPSA) is 30.5 Å². The van der Waals surface area contributed by atoms with Gasteiger partial charge in [-0.15, -0.1) is 0 Å². The quantitative estimate of drug-likeness (QED) is 0.810. The molecular formula is C15H14BrClFNO2. The molecule has 0 heterocycles. The van der Waals surface area contributed by atoms with Crippen molar-refractivity contribution in [2.75, 3.05) is 19.5 Å². The fourth-order valence-electron chi connectivity index (χ4n) is 1.89. The molecule has 0 unspecified atom stereocenters. The third-order valence-electron chi connectivity index (χ3n) is 2.96. The third-order valence-corrected chi connectivity index (χ3v) is 3.87. The molecule has 0 bridgehead atoms. The van der Waals surface area contributed by atoms with Crippen molar-refractivity contribution in [2.45, 2.75) is 6.54 Å². The van der Waals surface area contributed by atoms with E-state index in [0.29, 0.717) is 28.8 Å². The molecule has 0 spiro atoms. The minimum absolute atomic E-state index is 0.324. The highest BCUT2D eigenvalue weighted by Gasteiger charge is 2.13. The molecule has 0 amide bonds. The molecule has 2 rings (SSSR count). The van der Waals surface area contributed by atoms with Crippen molar-refractivity contribution >= 4 is 33.2 Å². The smallest absolute Gasteiger partial charge is 0.179 e. The second-order valence-electron chi connectivity index (χ2n) is 4.25. The molecule has 2 aromatic rings. The highest BCUT2D eigenvalue weighted by atomic mass is 79.9. The lowest BCUT2D eigenvalue weighted by Crippen LogP contribution is -2.03. The molecule has 0 atom stereocenters. The van der Waals surface area contributed by atoms with E-state index in [2.05, 4.69) is 21.2 Å². The standard InChI is InChI=1S/C15H14BrClFNO2/c1-20-13-6-3-9(14(17)15(13)21-2)8-19-12-7-10(16)4-5-11(12)18/h3-7,19H,8H2,1-2H3. The van der Waals surface area contributed by atoms with Crippen LogP contribution in [0.1, 0.15) is 5.56 Å². The van der Waals surface area contributed by atoms with E-state index in [1.54, 1.807) is 25.3 Å². The minimum Gasteiger partial charge on any atom is -0.493 e. The second kappa shape index (κ2) is 7.00. The minimum atomic E-state index is -0.324. The van der Waals surface area contributed by atoms with Crippen LogP contribution < -0.4 is 14.8 Å². The lowest BCUT2D eigenvalue weighted by atomic mass is 10.2. The van der Waals surface area contributed by atoms with E-state index in [-0.39, 0.29) is 5.82 Å². The zero-order valence-corrected chi connectivity index (χ0v) is 13.9. The summed E-state index contributed by atoms with van der Waals surface area (Å²) in [5.74, 6) is 0.697. The fraction of sp³-hybridized carbons (Fsp3) is 0.200. The van der Waals surface area contributed by atoms with Gasteiger partial charge < -0.3 is 14.8 Å². The van der Waals surface area contributed by atoms with Gasteiger partial charge in [-0.05, 0) is 29.8 Å². The van der Waals surface area contributed by atoms with E-state index in [0.717, 1.165) is 10.0 Å². The predicted molar refractivity (Wildman–Crippen MR) is 86.0 cm³/mol. The van der Waals surface area contributed by atoms with Crippen molar-refractivity contribution in [3.63, 3.8) is 0 Å². The van der Waals surface area contributed by atoms with E-state index in [1.807, 2.05) is 6.07 Å². The molecule has 6 heteroatoms. The largest absolute Gasteiger partial charge is 0.493 e. The Hall–Kier alpha value is -1.46. The molecule has 1 N–H and O–H groups in total. The molecule has 0 radical (unpaired) electrons. The van der Waals surface area contributed by atoms with Crippen LogP contribution in [-0.4, -0.2) is 14.2 Å². The number of ether oxygens (including phenoxy) is 2. The Labute approximate surface area is 136 Å². The molecule has 0 aliphatic heterocycles. The Balaban J connectivity index is 2.22. The van der Waals surface area contributed by atoms with Crippen LogP contribution in [0.4, 0.5) is 10.1 Å². The second-order valence-corrected chi connectivity index (χ2v) is 5.55. The number of nitrogens with one attached hydrogen (secondary N) is 1. The Bertz CT molecular complexity index is 652. The molecule has 0 aliphatic carbocycles. The molecule has 112 valence electrons. The van der Waals surface area contributed by atoms with Gasteiger partial charge in [0.2, 0.25) is 0 Å². The fourth-order valence-corrected chi connectivity index (χ4v) is 2.55. The molecule has 0 saturated heterocycles. The Kier molecular flexibility index (Phi) is 5.31. The first-order chi connectivity index (χ1) is 10.1. The van der Waals surface area contributed by atoms with Gasteiger partial charge in [-0.25, -0.2) is 4.39 Å². The SMILES string of the molecule is COc1ccc(CNc2cc(Br)ccc2F)c(Cl)c1OC. The van der Waals surface area contributed by atoms with E-state index in [9.17, 15) is 4.39 Å². The Morgan fingerprint density at radius 2 is 1.95 bits per heavy atom. The van der Waals surface area contributed by atoms with Crippen LogP contribution in [-0.2, 0) is 6.54 Å².